The minimum Gasteiger partial charge on any atom is -0.468 e. The number of carbonyl (C=O) groups is 1. The van der Waals surface area contributed by atoms with Crippen molar-refractivity contribution in [3.05, 3.63) is 48.0 Å². The topological polar surface area (TPSA) is 58.4 Å². The molecule has 0 radical (unpaired) electrons. The highest BCUT2D eigenvalue weighted by atomic mass is 32.2. The molecule has 6 heteroatoms. The number of pyridine rings is 1. The van der Waals surface area contributed by atoms with Crippen molar-refractivity contribution in [2.75, 3.05) is 25.9 Å². The van der Waals surface area contributed by atoms with Crippen molar-refractivity contribution in [1.82, 2.24) is 15.2 Å². The summed E-state index contributed by atoms with van der Waals surface area (Å²) in [6.45, 7) is 2.63. The highest BCUT2D eigenvalue weighted by molar-refractivity contribution is 7.98. The fraction of sp³-hybridized carbons (Fsp3) is 0.444. The van der Waals surface area contributed by atoms with Crippen LogP contribution in [0, 0.1) is 0 Å². The first-order valence-corrected chi connectivity index (χ1v) is 9.56. The highest BCUT2D eigenvalue weighted by Gasteiger charge is 2.25. The van der Waals surface area contributed by atoms with E-state index in [0.717, 1.165) is 23.9 Å². The molecular weight excluding hydrogens is 322 g/mol. The third-order valence-electron chi connectivity index (χ3n) is 4.37. The molecule has 3 heterocycles. The zero-order chi connectivity index (χ0) is 16.8. The Morgan fingerprint density at radius 2 is 2.17 bits per heavy atom. The number of nitrogens with zero attached hydrogens (tertiary/aromatic N) is 2. The normalized spacial score (nSPS) is 16.7. The summed E-state index contributed by atoms with van der Waals surface area (Å²) in [6.07, 6.45) is 9.01. The van der Waals surface area contributed by atoms with Crippen LogP contribution in [0.4, 0.5) is 0 Å². The van der Waals surface area contributed by atoms with Crippen molar-refractivity contribution in [1.29, 1.82) is 0 Å². The van der Waals surface area contributed by atoms with Crippen LogP contribution in [0.2, 0.25) is 0 Å². The first kappa shape index (κ1) is 17.0. The molecule has 1 N–H and O–H groups in total. The number of aromatic nitrogens is 1. The average Bonchev–Trinajstić information content (AvgIpc) is 3.17. The van der Waals surface area contributed by atoms with Gasteiger partial charge in [0, 0.05) is 12.7 Å². The summed E-state index contributed by atoms with van der Waals surface area (Å²) in [6, 6.07) is 7.59. The van der Waals surface area contributed by atoms with Gasteiger partial charge < -0.3 is 9.73 Å². The number of hydrogen-bond donors (Lipinski definition) is 1. The number of hydrogen-bond acceptors (Lipinski definition) is 5. The summed E-state index contributed by atoms with van der Waals surface area (Å²) in [5, 5.41) is 3.82. The van der Waals surface area contributed by atoms with E-state index in [9.17, 15) is 4.79 Å². The number of carbonyl (C=O) groups excluding carboxylic acids is 1. The lowest BCUT2D eigenvalue weighted by Gasteiger charge is -2.33. The van der Waals surface area contributed by atoms with E-state index in [1.807, 2.05) is 24.5 Å². The summed E-state index contributed by atoms with van der Waals surface area (Å²) in [4.78, 5) is 19.2. The van der Waals surface area contributed by atoms with Crippen LogP contribution in [0.3, 0.4) is 0 Å². The Bertz CT molecular complexity index is 654. The molecule has 1 amide bonds. The molecule has 0 spiro atoms. The van der Waals surface area contributed by atoms with E-state index >= 15 is 0 Å². The van der Waals surface area contributed by atoms with Crippen LogP contribution < -0.4 is 5.32 Å². The molecule has 0 bridgehead atoms. The SMILES string of the molecule is CSc1ncccc1C(=O)NC[C@H](c1ccco1)N1CCCCC1. The van der Waals surface area contributed by atoms with Crippen molar-refractivity contribution in [2.45, 2.75) is 30.3 Å². The number of piperidine rings is 1. The maximum Gasteiger partial charge on any atom is 0.254 e. The lowest BCUT2D eigenvalue weighted by atomic mass is 10.1. The molecule has 1 saturated heterocycles. The molecule has 0 unspecified atom stereocenters. The van der Waals surface area contributed by atoms with Crippen molar-refractivity contribution in [3.8, 4) is 0 Å². The van der Waals surface area contributed by atoms with Crippen LogP contribution >= 0.6 is 11.8 Å². The number of likely N-dealkylation sites (tertiary alicyclic amines) is 1. The average molecular weight is 345 g/mol. The molecule has 1 aliphatic heterocycles. The Hall–Kier alpha value is -1.79. The molecular formula is C18H23N3O2S. The van der Waals surface area contributed by atoms with Crippen molar-refractivity contribution >= 4 is 17.7 Å². The lowest BCUT2D eigenvalue weighted by molar-refractivity contribution is 0.0910. The Labute approximate surface area is 146 Å². The minimum absolute atomic E-state index is 0.0821. The van der Waals surface area contributed by atoms with Crippen LogP contribution in [-0.2, 0) is 0 Å². The monoisotopic (exact) mass is 345 g/mol. The van der Waals surface area contributed by atoms with Crippen LogP contribution in [0.25, 0.3) is 0 Å². The van der Waals surface area contributed by atoms with Crippen molar-refractivity contribution < 1.29 is 9.21 Å². The van der Waals surface area contributed by atoms with Gasteiger partial charge >= 0.3 is 0 Å². The second-order valence-electron chi connectivity index (χ2n) is 5.90. The maximum absolute atomic E-state index is 12.6. The number of thioether (sulfide) groups is 1. The molecule has 0 saturated carbocycles. The second kappa shape index (κ2) is 8.35. The quantitative estimate of drug-likeness (QED) is 0.814. The Balaban J connectivity index is 1.70. The molecule has 2 aromatic heterocycles. The fourth-order valence-corrected chi connectivity index (χ4v) is 3.68. The van der Waals surface area contributed by atoms with Gasteiger partial charge in [0.25, 0.3) is 5.91 Å². The zero-order valence-electron chi connectivity index (χ0n) is 13.9. The van der Waals surface area contributed by atoms with Gasteiger partial charge in [0.15, 0.2) is 0 Å². The second-order valence-corrected chi connectivity index (χ2v) is 6.69. The first-order valence-electron chi connectivity index (χ1n) is 8.34. The standard InChI is InChI=1S/C18H23N3O2S/c1-24-18-14(7-5-9-19-18)17(22)20-13-15(16-8-6-12-23-16)21-10-3-2-4-11-21/h5-9,12,15H,2-4,10-11,13H2,1H3,(H,20,22)/t15-/m1/s1. The molecule has 1 aliphatic rings. The van der Waals surface area contributed by atoms with E-state index in [-0.39, 0.29) is 11.9 Å². The molecule has 1 fully saturated rings. The number of nitrogens with one attached hydrogen (secondary N) is 1. The maximum atomic E-state index is 12.6. The molecule has 1 atom stereocenters. The summed E-state index contributed by atoms with van der Waals surface area (Å²) in [7, 11) is 0. The van der Waals surface area contributed by atoms with Gasteiger partial charge in [0.05, 0.1) is 17.9 Å². The Morgan fingerprint density at radius 1 is 1.33 bits per heavy atom. The van der Waals surface area contributed by atoms with E-state index in [0.29, 0.717) is 12.1 Å². The third-order valence-corrected chi connectivity index (χ3v) is 5.08. The van der Waals surface area contributed by atoms with Gasteiger partial charge in [0.2, 0.25) is 0 Å². The van der Waals surface area contributed by atoms with Gasteiger partial charge in [0.1, 0.15) is 10.8 Å². The summed E-state index contributed by atoms with van der Waals surface area (Å²) >= 11 is 1.48. The minimum atomic E-state index is -0.0824. The van der Waals surface area contributed by atoms with Gasteiger partial charge in [-0.3, -0.25) is 9.69 Å². The van der Waals surface area contributed by atoms with Gasteiger partial charge in [-0.25, -0.2) is 4.98 Å². The van der Waals surface area contributed by atoms with Crippen LogP contribution in [-0.4, -0.2) is 41.7 Å². The fourth-order valence-electron chi connectivity index (χ4n) is 3.13. The molecule has 5 nitrogen and oxygen atoms in total. The number of amides is 1. The highest BCUT2D eigenvalue weighted by Crippen LogP contribution is 2.25. The lowest BCUT2D eigenvalue weighted by Crippen LogP contribution is -2.40. The molecule has 3 rings (SSSR count). The Morgan fingerprint density at radius 3 is 2.88 bits per heavy atom. The first-order chi connectivity index (χ1) is 11.8. The van der Waals surface area contributed by atoms with Crippen LogP contribution in [0.15, 0.2) is 46.2 Å². The van der Waals surface area contributed by atoms with Gasteiger partial charge in [-0.15, -0.1) is 11.8 Å². The zero-order valence-corrected chi connectivity index (χ0v) is 14.7. The van der Waals surface area contributed by atoms with E-state index in [1.165, 1.54) is 31.0 Å². The van der Waals surface area contributed by atoms with Gasteiger partial charge in [-0.1, -0.05) is 6.42 Å². The van der Waals surface area contributed by atoms with Crippen molar-refractivity contribution in [2.24, 2.45) is 0 Å². The van der Waals surface area contributed by atoms with E-state index in [1.54, 1.807) is 18.5 Å². The Kier molecular flexibility index (Phi) is 5.93. The summed E-state index contributed by atoms with van der Waals surface area (Å²) in [5.41, 5.74) is 0.627. The van der Waals surface area contributed by atoms with E-state index < -0.39 is 0 Å². The largest absolute Gasteiger partial charge is 0.468 e. The molecule has 2 aromatic rings. The van der Waals surface area contributed by atoms with Crippen molar-refractivity contribution in [3.63, 3.8) is 0 Å². The van der Waals surface area contributed by atoms with Gasteiger partial charge in [-0.2, -0.15) is 0 Å². The van der Waals surface area contributed by atoms with Gasteiger partial charge in [-0.05, 0) is 56.5 Å². The predicted molar refractivity (Wildman–Crippen MR) is 95.2 cm³/mol. The molecule has 24 heavy (non-hydrogen) atoms. The summed E-state index contributed by atoms with van der Waals surface area (Å²) in [5.74, 6) is 0.828. The predicted octanol–water partition coefficient (Wildman–Crippen LogP) is 3.35. The molecule has 0 aliphatic carbocycles. The molecule has 0 aromatic carbocycles. The van der Waals surface area contributed by atoms with Crippen LogP contribution in [0.5, 0.6) is 0 Å². The number of furan rings is 1. The smallest absolute Gasteiger partial charge is 0.254 e. The van der Waals surface area contributed by atoms with E-state index in [2.05, 4.69) is 15.2 Å². The summed E-state index contributed by atoms with van der Waals surface area (Å²) < 4.78 is 5.62. The van der Waals surface area contributed by atoms with Crippen LogP contribution in [0.1, 0.15) is 41.4 Å². The molecule has 128 valence electrons. The third kappa shape index (κ3) is 3.99. The number of rotatable bonds is 6. The van der Waals surface area contributed by atoms with E-state index in [4.69, 9.17) is 4.42 Å².